The van der Waals surface area contributed by atoms with E-state index >= 15 is 0 Å². The van der Waals surface area contributed by atoms with Crippen LogP contribution in [0.5, 0.6) is 5.75 Å². The lowest BCUT2D eigenvalue weighted by Gasteiger charge is -2.20. The minimum Gasteiger partial charge on any atom is -0.410 e. The van der Waals surface area contributed by atoms with E-state index in [1.54, 1.807) is 7.11 Å². The van der Waals surface area contributed by atoms with Gasteiger partial charge in [-0.15, -0.1) is 0 Å². The van der Waals surface area contributed by atoms with Crippen LogP contribution in [0.3, 0.4) is 0 Å². The number of methoxy groups -OCH3 is 1. The van der Waals surface area contributed by atoms with Gasteiger partial charge in [0.1, 0.15) is 5.75 Å². The van der Waals surface area contributed by atoms with Crippen LogP contribution in [0, 0.1) is 10.1 Å². The quantitative estimate of drug-likeness (QED) is 0.582. The fourth-order valence-corrected chi connectivity index (χ4v) is 3.40. The van der Waals surface area contributed by atoms with Crippen LogP contribution in [0.4, 0.5) is 10.5 Å². The molecular formula is C20H23N3O5. The van der Waals surface area contributed by atoms with E-state index < -0.39 is 11.0 Å². The first kappa shape index (κ1) is 19.8. The molecule has 1 N–H and O–H groups in total. The van der Waals surface area contributed by atoms with Crippen LogP contribution in [0.2, 0.25) is 0 Å². The summed E-state index contributed by atoms with van der Waals surface area (Å²) >= 11 is 0. The first-order valence-electron chi connectivity index (χ1n) is 9.06. The number of carbonyl (C=O) groups excluding carboxylic acids is 1. The topological polar surface area (TPSA) is 93.9 Å². The number of amides is 1. The molecule has 1 saturated heterocycles. The SMILES string of the molecule is COCCN1C[C@@H](NC(=O)Oc2ccc([N+](=O)[O-])cc2)[C@H](c2ccccc2)C1. The number of nitro benzene ring substituents is 1. The molecule has 0 aliphatic carbocycles. The molecule has 8 nitrogen and oxygen atoms in total. The fourth-order valence-electron chi connectivity index (χ4n) is 3.40. The standard InChI is InChI=1S/C20H23N3O5/c1-27-12-11-22-13-18(15-5-3-2-4-6-15)19(14-22)21-20(24)28-17-9-7-16(8-10-17)23(25)26/h2-10,18-19H,11-14H2,1H3,(H,21,24)/t18-,19+/m0/s1. The minimum absolute atomic E-state index is 0.0542. The lowest BCUT2D eigenvalue weighted by molar-refractivity contribution is -0.384. The summed E-state index contributed by atoms with van der Waals surface area (Å²) in [5, 5.41) is 13.7. The fraction of sp³-hybridized carbons (Fsp3) is 0.350. The van der Waals surface area contributed by atoms with Crippen molar-refractivity contribution in [3.8, 4) is 5.75 Å². The van der Waals surface area contributed by atoms with Crippen molar-refractivity contribution in [2.75, 3.05) is 33.4 Å². The number of hydrogen-bond donors (Lipinski definition) is 1. The number of likely N-dealkylation sites (tertiary alicyclic amines) is 1. The van der Waals surface area contributed by atoms with Crippen LogP contribution >= 0.6 is 0 Å². The van der Waals surface area contributed by atoms with Gasteiger partial charge in [-0.05, 0) is 17.7 Å². The monoisotopic (exact) mass is 385 g/mol. The minimum atomic E-state index is -0.576. The Morgan fingerprint density at radius 3 is 2.54 bits per heavy atom. The molecule has 2 aromatic carbocycles. The second-order valence-corrected chi connectivity index (χ2v) is 6.66. The first-order chi connectivity index (χ1) is 13.6. The molecule has 1 heterocycles. The van der Waals surface area contributed by atoms with Crippen LogP contribution in [-0.4, -0.2) is 55.3 Å². The number of benzene rings is 2. The van der Waals surface area contributed by atoms with Crippen LogP contribution in [0.1, 0.15) is 11.5 Å². The Balaban J connectivity index is 1.65. The summed E-state index contributed by atoms with van der Waals surface area (Å²) in [6, 6.07) is 15.4. The van der Waals surface area contributed by atoms with Crippen LogP contribution in [0.15, 0.2) is 54.6 Å². The summed E-state index contributed by atoms with van der Waals surface area (Å²) in [4.78, 5) is 24.8. The molecule has 3 rings (SSSR count). The van der Waals surface area contributed by atoms with E-state index in [-0.39, 0.29) is 23.4 Å². The van der Waals surface area contributed by atoms with E-state index in [0.29, 0.717) is 13.2 Å². The zero-order valence-electron chi connectivity index (χ0n) is 15.6. The van der Waals surface area contributed by atoms with Gasteiger partial charge in [0.05, 0.1) is 17.6 Å². The van der Waals surface area contributed by atoms with Gasteiger partial charge >= 0.3 is 6.09 Å². The Hall–Kier alpha value is -2.97. The normalized spacial score (nSPS) is 19.3. The highest BCUT2D eigenvalue weighted by Gasteiger charge is 2.35. The van der Waals surface area contributed by atoms with Crippen molar-refractivity contribution in [3.63, 3.8) is 0 Å². The smallest absolute Gasteiger partial charge is 0.410 e. The third-order valence-corrected chi connectivity index (χ3v) is 4.80. The molecule has 0 radical (unpaired) electrons. The first-order valence-corrected chi connectivity index (χ1v) is 9.06. The molecule has 0 saturated carbocycles. The van der Waals surface area contributed by atoms with Gasteiger partial charge in [-0.2, -0.15) is 0 Å². The number of ether oxygens (including phenoxy) is 2. The van der Waals surface area contributed by atoms with Gasteiger partial charge in [-0.3, -0.25) is 15.0 Å². The summed E-state index contributed by atoms with van der Waals surface area (Å²) in [7, 11) is 1.67. The summed E-state index contributed by atoms with van der Waals surface area (Å²) in [5.74, 6) is 0.399. The lowest BCUT2D eigenvalue weighted by Crippen LogP contribution is -2.41. The zero-order chi connectivity index (χ0) is 19.9. The third kappa shape index (κ3) is 5.05. The Kier molecular flexibility index (Phi) is 6.57. The van der Waals surface area contributed by atoms with Crippen molar-refractivity contribution in [2.24, 2.45) is 0 Å². The Morgan fingerprint density at radius 2 is 1.89 bits per heavy atom. The predicted molar refractivity (Wildman–Crippen MR) is 104 cm³/mol. The summed E-state index contributed by atoms with van der Waals surface area (Å²) in [5.41, 5.74) is 1.10. The Morgan fingerprint density at radius 1 is 1.18 bits per heavy atom. The van der Waals surface area contributed by atoms with E-state index in [0.717, 1.165) is 18.7 Å². The lowest BCUT2D eigenvalue weighted by atomic mass is 9.94. The molecule has 1 amide bonds. The van der Waals surface area contributed by atoms with Crippen molar-refractivity contribution in [1.82, 2.24) is 10.2 Å². The van der Waals surface area contributed by atoms with Gasteiger partial charge in [0.2, 0.25) is 0 Å². The maximum atomic E-state index is 12.4. The average Bonchev–Trinajstić information content (AvgIpc) is 3.10. The van der Waals surface area contributed by atoms with Crippen molar-refractivity contribution < 1.29 is 19.2 Å². The van der Waals surface area contributed by atoms with Gasteiger partial charge in [-0.25, -0.2) is 4.79 Å². The molecule has 2 aromatic rings. The summed E-state index contributed by atoms with van der Waals surface area (Å²) in [6.45, 7) is 2.92. The number of hydrogen-bond acceptors (Lipinski definition) is 6. The highest BCUT2D eigenvalue weighted by Crippen LogP contribution is 2.28. The van der Waals surface area contributed by atoms with Crippen molar-refractivity contribution in [2.45, 2.75) is 12.0 Å². The predicted octanol–water partition coefficient (Wildman–Crippen LogP) is 2.80. The molecule has 1 fully saturated rings. The Bertz CT molecular complexity index is 797. The Labute approximate surface area is 163 Å². The third-order valence-electron chi connectivity index (χ3n) is 4.80. The van der Waals surface area contributed by atoms with Crippen LogP contribution in [-0.2, 0) is 4.74 Å². The van der Waals surface area contributed by atoms with E-state index in [2.05, 4.69) is 22.3 Å². The highest BCUT2D eigenvalue weighted by atomic mass is 16.6. The molecule has 1 aliphatic heterocycles. The maximum absolute atomic E-state index is 12.4. The largest absolute Gasteiger partial charge is 0.412 e. The molecule has 0 bridgehead atoms. The molecule has 0 spiro atoms. The van der Waals surface area contributed by atoms with Crippen LogP contribution in [0.25, 0.3) is 0 Å². The van der Waals surface area contributed by atoms with Crippen molar-refractivity contribution >= 4 is 11.8 Å². The van der Waals surface area contributed by atoms with Crippen LogP contribution < -0.4 is 10.1 Å². The molecule has 0 unspecified atom stereocenters. The average molecular weight is 385 g/mol. The molecule has 8 heteroatoms. The summed E-state index contributed by atoms with van der Waals surface area (Å²) in [6.07, 6.45) is -0.576. The van der Waals surface area contributed by atoms with Gasteiger partial charge in [0.15, 0.2) is 0 Å². The second-order valence-electron chi connectivity index (χ2n) is 6.66. The molecule has 28 heavy (non-hydrogen) atoms. The van der Waals surface area contributed by atoms with E-state index in [4.69, 9.17) is 9.47 Å². The summed E-state index contributed by atoms with van der Waals surface area (Å²) < 4.78 is 10.5. The number of rotatable bonds is 7. The van der Waals surface area contributed by atoms with E-state index in [9.17, 15) is 14.9 Å². The van der Waals surface area contributed by atoms with Gasteiger partial charge in [0, 0.05) is 44.8 Å². The van der Waals surface area contributed by atoms with E-state index in [1.807, 2.05) is 18.2 Å². The molecule has 1 aliphatic rings. The van der Waals surface area contributed by atoms with Gasteiger partial charge in [-0.1, -0.05) is 30.3 Å². The highest BCUT2D eigenvalue weighted by molar-refractivity contribution is 5.71. The second kappa shape index (κ2) is 9.29. The van der Waals surface area contributed by atoms with Crippen molar-refractivity contribution in [3.05, 3.63) is 70.3 Å². The van der Waals surface area contributed by atoms with Crippen molar-refractivity contribution in [1.29, 1.82) is 0 Å². The molecular weight excluding hydrogens is 362 g/mol. The number of nitrogens with one attached hydrogen (secondary N) is 1. The van der Waals surface area contributed by atoms with Gasteiger partial charge in [0.25, 0.3) is 5.69 Å². The number of carbonyl (C=O) groups is 1. The maximum Gasteiger partial charge on any atom is 0.412 e. The number of non-ortho nitro benzene ring substituents is 1. The molecule has 2 atom stereocenters. The van der Waals surface area contributed by atoms with Gasteiger partial charge < -0.3 is 14.8 Å². The van der Waals surface area contributed by atoms with E-state index in [1.165, 1.54) is 24.3 Å². The molecule has 148 valence electrons. The number of nitro groups is 1. The zero-order valence-corrected chi connectivity index (χ0v) is 15.6. The number of nitrogens with zero attached hydrogens (tertiary/aromatic N) is 2. The molecule has 0 aromatic heterocycles.